The van der Waals surface area contributed by atoms with Gasteiger partial charge in [-0.1, -0.05) is 25.1 Å². The molecule has 17 heavy (non-hydrogen) atoms. The van der Waals surface area contributed by atoms with Crippen molar-refractivity contribution in [3.63, 3.8) is 0 Å². The number of esters is 1. The molecular weight excluding hydrogens is 216 g/mol. The van der Waals surface area contributed by atoms with Gasteiger partial charge in [0.1, 0.15) is 5.75 Å². The van der Waals surface area contributed by atoms with Gasteiger partial charge >= 0.3 is 5.97 Å². The van der Waals surface area contributed by atoms with Crippen LogP contribution in [0.15, 0.2) is 18.2 Å². The topological polar surface area (TPSA) is 35.5 Å². The lowest BCUT2D eigenvalue weighted by molar-refractivity contribution is -0.142. The van der Waals surface area contributed by atoms with Crippen molar-refractivity contribution in [1.29, 1.82) is 0 Å². The SMILES string of the molecule is CCC(C(=O)OC)c1cccc2c1OCCC2. The number of rotatable bonds is 3. The van der Waals surface area contributed by atoms with Gasteiger partial charge in [0.05, 0.1) is 19.6 Å². The molecule has 0 aliphatic carbocycles. The molecule has 1 atom stereocenters. The summed E-state index contributed by atoms with van der Waals surface area (Å²) in [6, 6.07) is 6.03. The molecule has 0 bridgehead atoms. The summed E-state index contributed by atoms with van der Waals surface area (Å²) >= 11 is 0. The van der Waals surface area contributed by atoms with E-state index >= 15 is 0 Å². The summed E-state index contributed by atoms with van der Waals surface area (Å²) < 4.78 is 10.6. The van der Waals surface area contributed by atoms with Gasteiger partial charge in [0, 0.05) is 5.56 Å². The Balaban J connectivity index is 2.40. The zero-order valence-corrected chi connectivity index (χ0v) is 10.4. The van der Waals surface area contributed by atoms with E-state index in [0.29, 0.717) is 0 Å². The van der Waals surface area contributed by atoms with Crippen LogP contribution in [0.25, 0.3) is 0 Å². The zero-order valence-electron chi connectivity index (χ0n) is 10.4. The van der Waals surface area contributed by atoms with Crippen LogP contribution < -0.4 is 4.74 Å². The maximum Gasteiger partial charge on any atom is 0.313 e. The van der Waals surface area contributed by atoms with Crippen molar-refractivity contribution in [2.75, 3.05) is 13.7 Å². The van der Waals surface area contributed by atoms with Crippen molar-refractivity contribution in [2.24, 2.45) is 0 Å². The second-order valence-electron chi connectivity index (χ2n) is 4.27. The van der Waals surface area contributed by atoms with E-state index in [-0.39, 0.29) is 11.9 Å². The van der Waals surface area contributed by atoms with Crippen molar-refractivity contribution >= 4 is 5.97 Å². The van der Waals surface area contributed by atoms with Crippen molar-refractivity contribution in [3.05, 3.63) is 29.3 Å². The van der Waals surface area contributed by atoms with E-state index in [1.165, 1.54) is 12.7 Å². The first kappa shape index (κ1) is 12.0. The minimum atomic E-state index is -0.215. The van der Waals surface area contributed by atoms with Crippen LogP contribution in [0.2, 0.25) is 0 Å². The van der Waals surface area contributed by atoms with E-state index in [0.717, 1.165) is 37.2 Å². The minimum Gasteiger partial charge on any atom is -0.493 e. The Labute approximate surface area is 102 Å². The fourth-order valence-corrected chi connectivity index (χ4v) is 2.34. The average Bonchev–Trinajstić information content (AvgIpc) is 2.39. The highest BCUT2D eigenvalue weighted by Crippen LogP contribution is 2.35. The molecule has 3 heteroatoms. The summed E-state index contributed by atoms with van der Waals surface area (Å²) in [4.78, 5) is 11.8. The number of aryl methyl sites for hydroxylation is 1. The number of carbonyl (C=O) groups is 1. The van der Waals surface area contributed by atoms with E-state index in [4.69, 9.17) is 9.47 Å². The second-order valence-corrected chi connectivity index (χ2v) is 4.27. The third kappa shape index (κ3) is 2.28. The molecule has 0 spiro atoms. The number of hydrogen-bond acceptors (Lipinski definition) is 3. The van der Waals surface area contributed by atoms with Gasteiger partial charge < -0.3 is 9.47 Å². The highest BCUT2D eigenvalue weighted by molar-refractivity contribution is 5.79. The summed E-state index contributed by atoms with van der Waals surface area (Å²) in [5, 5.41) is 0. The quantitative estimate of drug-likeness (QED) is 0.754. The van der Waals surface area contributed by atoms with Gasteiger partial charge in [0.2, 0.25) is 0 Å². The Morgan fingerprint density at radius 3 is 3.06 bits per heavy atom. The highest BCUT2D eigenvalue weighted by atomic mass is 16.5. The predicted octanol–water partition coefficient (Wildman–Crippen LogP) is 2.68. The molecule has 1 unspecified atom stereocenters. The molecule has 1 aromatic rings. The number of para-hydroxylation sites is 1. The number of ether oxygens (including phenoxy) is 2. The Morgan fingerprint density at radius 2 is 2.35 bits per heavy atom. The fourth-order valence-electron chi connectivity index (χ4n) is 2.34. The summed E-state index contributed by atoms with van der Waals surface area (Å²) in [6.45, 7) is 2.73. The van der Waals surface area contributed by atoms with E-state index in [9.17, 15) is 4.79 Å². The smallest absolute Gasteiger partial charge is 0.313 e. The lowest BCUT2D eigenvalue weighted by Gasteiger charge is -2.23. The molecule has 1 heterocycles. The fraction of sp³-hybridized carbons (Fsp3) is 0.500. The first-order valence-electron chi connectivity index (χ1n) is 6.10. The van der Waals surface area contributed by atoms with E-state index in [1.807, 2.05) is 19.1 Å². The van der Waals surface area contributed by atoms with Crippen molar-refractivity contribution in [3.8, 4) is 5.75 Å². The molecule has 0 aromatic heterocycles. The Hall–Kier alpha value is -1.51. The first-order valence-corrected chi connectivity index (χ1v) is 6.10. The molecule has 0 saturated carbocycles. The molecule has 1 aromatic carbocycles. The van der Waals surface area contributed by atoms with E-state index < -0.39 is 0 Å². The van der Waals surface area contributed by atoms with Crippen LogP contribution in [0, 0.1) is 0 Å². The third-order valence-corrected chi connectivity index (χ3v) is 3.23. The van der Waals surface area contributed by atoms with E-state index in [1.54, 1.807) is 0 Å². The highest BCUT2D eigenvalue weighted by Gasteiger charge is 2.25. The van der Waals surface area contributed by atoms with Gasteiger partial charge in [-0.15, -0.1) is 0 Å². The maximum atomic E-state index is 11.8. The summed E-state index contributed by atoms with van der Waals surface area (Å²) in [6.07, 6.45) is 2.80. The number of hydrogen-bond donors (Lipinski definition) is 0. The van der Waals surface area contributed by atoms with Gasteiger partial charge in [-0.3, -0.25) is 4.79 Å². The van der Waals surface area contributed by atoms with Crippen LogP contribution in [-0.4, -0.2) is 19.7 Å². The molecule has 2 rings (SSSR count). The number of fused-ring (bicyclic) bond motifs is 1. The number of benzene rings is 1. The van der Waals surface area contributed by atoms with Crippen LogP contribution in [-0.2, 0) is 16.0 Å². The lowest BCUT2D eigenvalue weighted by atomic mass is 9.92. The minimum absolute atomic E-state index is 0.185. The summed E-state index contributed by atoms with van der Waals surface area (Å²) in [5.74, 6) is 0.499. The third-order valence-electron chi connectivity index (χ3n) is 3.23. The Bertz CT molecular complexity index is 412. The van der Waals surface area contributed by atoms with Crippen molar-refractivity contribution in [1.82, 2.24) is 0 Å². The second kappa shape index (κ2) is 5.21. The standard InChI is InChI=1S/C14H18O3/c1-3-11(14(15)16-2)12-8-4-6-10-7-5-9-17-13(10)12/h4,6,8,11H,3,5,7,9H2,1-2H3. The largest absolute Gasteiger partial charge is 0.493 e. The molecule has 3 nitrogen and oxygen atoms in total. The van der Waals surface area contributed by atoms with Crippen LogP contribution in [0.3, 0.4) is 0 Å². The molecular formula is C14H18O3. The van der Waals surface area contributed by atoms with Crippen LogP contribution in [0.5, 0.6) is 5.75 Å². The summed E-state index contributed by atoms with van der Waals surface area (Å²) in [5.41, 5.74) is 2.17. The van der Waals surface area contributed by atoms with Crippen LogP contribution >= 0.6 is 0 Å². The molecule has 0 amide bonds. The molecule has 1 aliphatic rings. The van der Waals surface area contributed by atoms with Gasteiger partial charge in [0.15, 0.2) is 0 Å². The number of carbonyl (C=O) groups excluding carboxylic acids is 1. The van der Waals surface area contributed by atoms with E-state index in [2.05, 4.69) is 6.07 Å². The molecule has 0 radical (unpaired) electrons. The Kier molecular flexibility index (Phi) is 3.67. The first-order chi connectivity index (χ1) is 8.27. The predicted molar refractivity (Wildman–Crippen MR) is 65.3 cm³/mol. The van der Waals surface area contributed by atoms with Gasteiger partial charge in [-0.25, -0.2) is 0 Å². The lowest BCUT2D eigenvalue weighted by Crippen LogP contribution is -2.17. The maximum absolute atomic E-state index is 11.8. The molecule has 92 valence electrons. The molecule has 1 aliphatic heterocycles. The average molecular weight is 234 g/mol. The zero-order chi connectivity index (χ0) is 12.3. The van der Waals surface area contributed by atoms with Gasteiger partial charge in [-0.05, 0) is 24.8 Å². The van der Waals surface area contributed by atoms with Crippen LogP contribution in [0.1, 0.15) is 36.8 Å². The van der Waals surface area contributed by atoms with Gasteiger partial charge in [0.25, 0.3) is 0 Å². The molecule has 0 fully saturated rings. The summed E-state index contributed by atoms with van der Waals surface area (Å²) in [7, 11) is 1.43. The van der Waals surface area contributed by atoms with Crippen LogP contribution in [0.4, 0.5) is 0 Å². The molecule has 0 saturated heterocycles. The Morgan fingerprint density at radius 1 is 1.53 bits per heavy atom. The van der Waals surface area contributed by atoms with Crippen molar-refractivity contribution < 1.29 is 14.3 Å². The normalized spacial score (nSPS) is 15.6. The number of methoxy groups -OCH3 is 1. The van der Waals surface area contributed by atoms with Gasteiger partial charge in [-0.2, -0.15) is 0 Å². The molecule has 0 N–H and O–H groups in total. The van der Waals surface area contributed by atoms with Crippen molar-refractivity contribution in [2.45, 2.75) is 32.1 Å². The monoisotopic (exact) mass is 234 g/mol.